The van der Waals surface area contributed by atoms with Crippen molar-refractivity contribution in [3.05, 3.63) is 60.2 Å². The van der Waals surface area contributed by atoms with Crippen LogP contribution in [-0.2, 0) is 26.2 Å². The lowest BCUT2D eigenvalue weighted by Crippen LogP contribution is -2.32. The van der Waals surface area contributed by atoms with Gasteiger partial charge in [-0.05, 0) is 29.8 Å². The monoisotopic (exact) mass is 373 g/mol. The van der Waals surface area contributed by atoms with Gasteiger partial charge in [0.1, 0.15) is 0 Å². The highest BCUT2D eigenvalue weighted by Crippen LogP contribution is 2.24. The molecule has 0 radical (unpaired) electrons. The molecule has 0 saturated carbocycles. The van der Waals surface area contributed by atoms with Crippen molar-refractivity contribution in [3.8, 4) is 0 Å². The molecule has 1 unspecified atom stereocenters. The Kier molecular flexibility index (Phi) is 5.06. The van der Waals surface area contributed by atoms with Crippen LogP contribution in [0, 0.1) is 5.92 Å². The summed E-state index contributed by atoms with van der Waals surface area (Å²) >= 11 is 0. The third kappa shape index (κ3) is 4.09. The van der Waals surface area contributed by atoms with Gasteiger partial charge in [0.15, 0.2) is 0 Å². The molecule has 1 aliphatic heterocycles. The van der Waals surface area contributed by atoms with Crippen molar-refractivity contribution >= 4 is 27.5 Å². The van der Waals surface area contributed by atoms with Gasteiger partial charge in [-0.15, -0.1) is 0 Å². The molecule has 3 N–H and O–H groups in total. The molecular weight excluding hydrogens is 354 g/mol. The highest BCUT2D eigenvalue weighted by atomic mass is 32.2. The van der Waals surface area contributed by atoms with Gasteiger partial charge in [0.25, 0.3) is 0 Å². The molecule has 2 amide bonds. The lowest BCUT2D eigenvalue weighted by atomic mass is 10.1. The van der Waals surface area contributed by atoms with Gasteiger partial charge in [0.05, 0.1) is 10.8 Å². The number of anilines is 1. The maximum Gasteiger partial charge on any atom is 0.238 e. The number of nitrogens with zero attached hydrogens (tertiary/aromatic N) is 1. The summed E-state index contributed by atoms with van der Waals surface area (Å²) in [6, 6.07) is 15.2. The molecule has 136 valence electrons. The summed E-state index contributed by atoms with van der Waals surface area (Å²) < 4.78 is 22.5. The minimum absolute atomic E-state index is 0.0208. The van der Waals surface area contributed by atoms with Crippen LogP contribution >= 0.6 is 0 Å². The molecule has 2 aromatic rings. The Hall–Kier alpha value is -2.71. The van der Waals surface area contributed by atoms with E-state index in [4.69, 9.17) is 5.14 Å². The van der Waals surface area contributed by atoms with E-state index in [9.17, 15) is 18.0 Å². The van der Waals surface area contributed by atoms with Crippen LogP contribution in [0.5, 0.6) is 0 Å². The van der Waals surface area contributed by atoms with Gasteiger partial charge in [0.2, 0.25) is 21.8 Å². The van der Waals surface area contributed by atoms with Crippen LogP contribution in [0.3, 0.4) is 0 Å². The second kappa shape index (κ2) is 7.27. The summed E-state index contributed by atoms with van der Waals surface area (Å²) in [5.74, 6) is -0.687. The van der Waals surface area contributed by atoms with Crippen molar-refractivity contribution < 1.29 is 18.0 Å². The second-order valence-corrected chi connectivity index (χ2v) is 7.71. The second-order valence-electron chi connectivity index (χ2n) is 6.15. The van der Waals surface area contributed by atoms with Crippen molar-refractivity contribution in [1.82, 2.24) is 5.32 Å². The van der Waals surface area contributed by atoms with Gasteiger partial charge >= 0.3 is 0 Å². The molecule has 1 heterocycles. The molecule has 0 aliphatic carbocycles. The number of sulfonamides is 1. The Morgan fingerprint density at radius 3 is 2.38 bits per heavy atom. The number of carbonyl (C=O) groups is 2. The highest BCUT2D eigenvalue weighted by molar-refractivity contribution is 7.89. The summed E-state index contributed by atoms with van der Waals surface area (Å²) in [6.45, 7) is 0.596. The molecule has 7 nitrogen and oxygen atoms in total. The Balaban J connectivity index is 1.58. The van der Waals surface area contributed by atoms with Gasteiger partial charge in [-0.1, -0.05) is 30.3 Å². The molecule has 1 aliphatic rings. The van der Waals surface area contributed by atoms with Gasteiger partial charge in [-0.2, -0.15) is 0 Å². The Morgan fingerprint density at radius 1 is 1.12 bits per heavy atom. The van der Waals surface area contributed by atoms with Crippen LogP contribution in [0.15, 0.2) is 59.5 Å². The summed E-state index contributed by atoms with van der Waals surface area (Å²) in [5.41, 5.74) is 1.53. The summed E-state index contributed by atoms with van der Waals surface area (Å²) in [7, 11) is -3.73. The molecule has 26 heavy (non-hydrogen) atoms. The van der Waals surface area contributed by atoms with E-state index in [0.717, 1.165) is 11.3 Å². The smallest absolute Gasteiger partial charge is 0.238 e. The quantitative estimate of drug-likeness (QED) is 0.815. The fourth-order valence-electron chi connectivity index (χ4n) is 2.87. The number of benzene rings is 2. The van der Waals surface area contributed by atoms with Crippen molar-refractivity contribution in [2.45, 2.75) is 17.9 Å². The predicted octanol–water partition coefficient (Wildman–Crippen LogP) is 1.00. The standard InChI is InChI=1S/C18H19N3O4S/c19-26(24,25)16-8-6-13(7-9-16)11-20-18(23)14-10-17(22)21(12-14)15-4-2-1-3-5-15/h1-9,14H,10-12H2,(H,20,23)(H2,19,24,25). The molecule has 2 aromatic carbocycles. The van der Waals surface area contributed by atoms with Crippen LogP contribution in [-0.4, -0.2) is 26.8 Å². The Labute approximate surface area is 151 Å². The fourth-order valence-corrected chi connectivity index (χ4v) is 3.39. The number of hydrogen-bond acceptors (Lipinski definition) is 4. The molecule has 3 rings (SSSR count). The average Bonchev–Trinajstić information content (AvgIpc) is 3.02. The summed E-state index contributed by atoms with van der Waals surface area (Å²) in [5, 5.41) is 7.84. The number of nitrogens with two attached hydrogens (primary N) is 1. The molecule has 0 bridgehead atoms. The van der Waals surface area contributed by atoms with Gasteiger partial charge in [-0.25, -0.2) is 13.6 Å². The maximum absolute atomic E-state index is 12.4. The summed E-state index contributed by atoms with van der Waals surface area (Å²) in [4.78, 5) is 26.2. The van der Waals surface area contributed by atoms with E-state index in [-0.39, 0.29) is 29.7 Å². The topological polar surface area (TPSA) is 110 Å². The molecule has 1 fully saturated rings. The van der Waals surface area contributed by atoms with Crippen molar-refractivity contribution in [2.75, 3.05) is 11.4 Å². The number of hydrogen-bond donors (Lipinski definition) is 2. The molecule has 1 saturated heterocycles. The van der Waals surface area contributed by atoms with E-state index in [1.807, 2.05) is 30.3 Å². The van der Waals surface area contributed by atoms with Gasteiger partial charge in [-0.3, -0.25) is 9.59 Å². The normalized spacial score (nSPS) is 17.3. The number of nitrogens with one attached hydrogen (secondary N) is 1. The minimum Gasteiger partial charge on any atom is -0.352 e. The van der Waals surface area contributed by atoms with E-state index < -0.39 is 15.9 Å². The predicted molar refractivity (Wildman–Crippen MR) is 96.6 cm³/mol. The third-order valence-electron chi connectivity index (χ3n) is 4.28. The van der Waals surface area contributed by atoms with E-state index in [1.165, 1.54) is 12.1 Å². The van der Waals surface area contributed by atoms with Crippen LogP contribution in [0.1, 0.15) is 12.0 Å². The van der Waals surface area contributed by atoms with Crippen molar-refractivity contribution in [1.29, 1.82) is 0 Å². The highest BCUT2D eigenvalue weighted by Gasteiger charge is 2.34. The van der Waals surface area contributed by atoms with Crippen LogP contribution in [0.4, 0.5) is 5.69 Å². The third-order valence-corrected chi connectivity index (χ3v) is 5.21. The van der Waals surface area contributed by atoms with Gasteiger partial charge in [0, 0.05) is 25.2 Å². The lowest BCUT2D eigenvalue weighted by Gasteiger charge is -2.16. The van der Waals surface area contributed by atoms with Gasteiger partial charge < -0.3 is 10.2 Å². The molecule has 8 heteroatoms. The first kappa shape index (κ1) is 18.1. The van der Waals surface area contributed by atoms with E-state index in [1.54, 1.807) is 17.0 Å². The van der Waals surface area contributed by atoms with E-state index in [2.05, 4.69) is 5.32 Å². The zero-order valence-electron chi connectivity index (χ0n) is 14.0. The number of carbonyl (C=O) groups excluding carboxylic acids is 2. The SMILES string of the molecule is NS(=O)(=O)c1ccc(CNC(=O)C2CC(=O)N(c3ccccc3)C2)cc1. The molecular formula is C18H19N3O4S. The Bertz CT molecular complexity index is 911. The lowest BCUT2D eigenvalue weighted by molar-refractivity contribution is -0.126. The zero-order valence-corrected chi connectivity index (χ0v) is 14.8. The first-order valence-corrected chi connectivity index (χ1v) is 9.64. The molecule has 0 aromatic heterocycles. The largest absolute Gasteiger partial charge is 0.352 e. The van der Waals surface area contributed by atoms with Crippen LogP contribution < -0.4 is 15.4 Å². The number of rotatable bonds is 5. The maximum atomic E-state index is 12.4. The van der Waals surface area contributed by atoms with Crippen LogP contribution in [0.25, 0.3) is 0 Å². The molecule has 0 spiro atoms. The van der Waals surface area contributed by atoms with Crippen LogP contribution in [0.2, 0.25) is 0 Å². The fraction of sp³-hybridized carbons (Fsp3) is 0.222. The van der Waals surface area contributed by atoms with Crippen molar-refractivity contribution in [3.63, 3.8) is 0 Å². The minimum atomic E-state index is -3.73. The molecule has 1 atom stereocenters. The number of amides is 2. The first-order valence-electron chi connectivity index (χ1n) is 8.09. The number of primary sulfonamides is 1. The zero-order chi connectivity index (χ0) is 18.7. The average molecular weight is 373 g/mol. The van der Waals surface area contributed by atoms with E-state index >= 15 is 0 Å². The van der Waals surface area contributed by atoms with Crippen molar-refractivity contribution in [2.24, 2.45) is 11.1 Å². The Morgan fingerprint density at radius 2 is 1.77 bits per heavy atom. The van der Waals surface area contributed by atoms with E-state index in [0.29, 0.717) is 6.54 Å². The summed E-state index contributed by atoms with van der Waals surface area (Å²) in [6.07, 6.45) is 0.172. The first-order chi connectivity index (χ1) is 12.3. The number of para-hydroxylation sites is 1.